The Morgan fingerprint density at radius 2 is 2.32 bits per heavy atom. The zero-order valence-corrected chi connectivity index (χ0v) is 12.7. The number of thiophene rings is 1. The summed E-state index contributed by atoms with van der Waals surface area (Å²) in [7, 11) is 0. The summed E-state index contributed by atoms with van der Waals surface area (Å²) in [5.41, 5.74) is 0. The number of carbonyl (C=O) groups is 1. The number of quaternary nitrogens is 1. The van der Waals surface area contributed by atoms with Crippen molar-refractivity contribution in [3.05, 3.63) is 22.4 Å². The van der Waals surface area contributed by atoms with Gasteiger partial charge in [-0.2, -0.15) is 0 Å². The lowest BCUT2D eigenvalue weighted by Crippen LogP contribution is -2.87. The van der Waals surface area contributed by atoms with Gasteiger partial charge in [0.1, 0.15) is 6.04 Å². The van der Waals surface area contributed by atoms with Crippen molar-refractivity contribution in [1.82, 2.24) is 5.32 Å². The Hall–Kier alpha value is -0.870. The zero-order valence-electron chi connectivity index (χ0n) is 11.9. The lowest BCUT2D eigenvalue weighted by molar-refractivity contribution is -0.682. The summed E-state index contributed by atoms with van der Waals surface area (Å²) in [5, 5.41) is 7.41. The predicted molar refractivity (Wildman–Crippen MR) is 79.1 cm³/mol. The highest BCUT2D eigenvalue weighted by atomic mass is 32.1. The van der Waals surface area contributed by atoms with Crippen LogP contribution in [0.5, 0.6) is 0 Å². The molecule has 0 aromatic carbocycles. The normalized spacial score (nSPS) is 24.9. The Balaban J connectivity index is 1.72. The maximum Gasteiger partial charge on any atom is 0.275 e. The van der Waals surface area contributed by atoms with Crippen LogP contribution < -0.4 is 10.6 Å². The minimum absolute atomic E-state index is 0.183. The van der Waals surface area contributed by atoms with Gasteiger partial charge >= 0.3 is 0 Å². The predicted octanol–water partition coefficient (Wildman–Crippen LogP) is 2.07. The van der Waals surface area contributed by atoms with Gasteiger partial charge in [-0.3, -0.25) is 4.79 Å². The van der Waals surface area contributed by atoms with E-state index in [-0.39, 0.29) is 5.91 Å². The van der Waals surface area contributed by atoms with E-state index in [9.17, 15) is 4.79 Å². The fourth-order valence-electron chi connectivity index (χ4n) is 2.75. The van der Waals surface area contributed by atoms with Crippen molar-refractivity contribution in [3.8, 4) is 0 Å². The van der Waals surface area contributed by atoms with E-state index < -0.39 is 0 Å². The second-order valence-electron chi connectivity index (χ2n) is 5.68. The van der Waals surface area contributed by atoms with Crippen molar-refractivity contribution in [2.45, 2.75) is 51.6 Å². The standard InChI is InChI=1S/C15H24N2OS/c1-11-6-3-4-7-13(11)17-15(18)10-16-12(2)14-8-5-9-19-14/h5,8-9,11-13,16H,3-4,6-7,10H2,1-2H3,(H,17,18)/p+1/t11-,12-,13+/m0/s1. The van der Waals surface area contributed by atoms with E-state index in [2.05, 4.69) is 42.0 Å². The molecule has 0 aliphatic heterocycles. The SMILES string of the molecule is C[C@H]([NH2+]CC(=O)N[C@@H]1CCCC[C@@H]1C)c1cccs1. The molecule has 1 heterocycles. The number of hydrogen-bond donors (Lipinski definition) is 2. The van der Waals surface area contributed by atoms with Crippen LogP contribution in [-0.2, 0) is 4.79 Å². The molecule has 0 radical (unpaired) electrons. The Bertz CT molecular complexity index is 391. The van der Waals surface area contributed by atoms with Crippen molar-refractivity contribution in [3.63, 3.8) is 0 Å². The van der Waals surface area contributed by atoms with Gasteiger partial charge in [0, 0.05) is 6.04 Å². The van der Waals surface area contributed by atoms with Gasteiger partial charge < -0.3 is 10.6 Å². The third kappa shape index (κ3) is 4.32. The second kappa shape index (κ2) is 7.06. The number of nitrogens with two attached hydrogens (primary N) is 1. The number of nitrogens with one attached hydrogen (secondary N) is 1. The van der Waals surface area contributed by atoms with E-state index >= 15 is 0 Å². The fraction of sp³-hybridized carbons (Fsp3) is 0.667. The van der Waals surface area contributed by atoms with E-state index in [0.717, 1.165) is 6.42 Å². The molecule has 0 spiro atoms. The minimum atomic E-state index is 0.183. The highest BCUT2D eigenvalue weighted by Gasteiger charge is 2.23. The first-order valence-electron chi connectivity index (χ1n) is 7.33. The Morgan fingerprint density at radius 1 is 1.53 bits per heavy atom. The third-order valence-electron chi connectivity index (χ3n) is 4.11. The van der Waals surface area contributed by atoms with Gasteiger partial charge in [-0.1, -0.05) is 25.8 Å². The average molecular weight is 281 g/mol. The van der Waals surface area contributed by atoms with Crippen molar-refractivity contribution in [2.75, 3.05) is 6.54 Å². The van der Waals surface area contributed by atoms with Crippen LogP contribution in [0.15, 0.2) is 17.5 Å². The third-order valence-corrected chi connectivity index (χ3v) is 5.18. The van der Waals surface area contributed by atoms with Crippen LogP contribution >= 0.6 is 11.3 Å². The summed E-state index contributed by atoms with van der Waals surface area (Å²) >= 11 is 1.76. The highest BCUT2D eigenvalue weighted by molar-refractivity contribution is 7.10. The molecular formula is C15H25N2OS+. The van der Waals surface area contributed by atoms with Crippen LogP contribution in [0.2, 0.25) is 0 Å². The number of rotatable bonds is 5. The molecule has 0 saturated heterocycles. The van der Waals surface area contributed by atoms with E-state index in [1.807, 2.05) is 0 Å². The first-order chi connectivity index (χ1) is 9.16. The van der Waals surface area contributed by atoms with E-state index in [4.69, 9.17) is 0 Å². The van der Waals surface area contributed by atoms with Crippen LogP contribution in [-0.4, -0.2) is 18.5 Å². The summed E-state index contributed by atoms with van der Waals surface area (Å²) < 4.78 is 0. The quantitative estimate of drug-likeness (QED) is 0.852. The Labute approximate surface area is 119 Å². The molecule has 2 rings (SSSR count). The number of carbonyl (C=O) groups excluding carboxylic acids is 1. The van der Waals surface area contributed by atoms with Gasteiger partial charge in [0.2, 0.25) is 0 Å². The Kier molecular flexibility index (Phi) is 5.40. The summed E-state index contributed by atoms with van der Waals surface area (Å²) in [4.78, 5) is 13.3. The molecule has 3 N–H and O–H groups in total. The first-order valence-corrected chi connectivity index (χ1v) is 8.21. The van der Waals surface area contributed by atoms with Crippen LogP contribution in [0.1, 0.15) is 50.4 Å². The van der Waals surface area contributed by atoms with E-state index in [1.165, 1.54) is 24.1 Å². The molecule has 1 aromatic heterocycles. The molecule has 1 fully saturated rings. The molecule has 0 bridgehead atoms. The van der Waals surface area contributed by atoms with Gasteiger partial charge in [0.25, 0.3) is 5.91 Å². The largest absolute Gasteiger partial charge is 0.348 e. The molecule has 19 heavy (non-hydrogen) atoms. The monoisotopic (exact) mass is 281 g/mol. The van der Waals surface area contributed by atoms with Gasteiger partial charge in [-0.05, 0) is 37.1 Å². The molecule has 1 aromatic rings. The molecule has 1 aliphatic rings. The number of hydrogen-bond acceptors (Lipinski definition) is 2. The fourth-order valence-corrected chi connectivity index (χ4v) is 3.53. The summed E-state index contributed by atoms with van der Waals surface area (Å²) in [5.74, 6) is 0.814. The lowest BCUT2D eigenvalue weighted by Gasteiger charge is -2.29. The van der Waals surface area contributed by atoms with Gasteiger partial charge in [-0.15, -0.1) is 11.3 Å². The molecule has 1 saturated carbocycles. The molecular weight excluding hydrogens is 256 g/mol. The Morgan fingerprint density at radius 3 is 3.00 bits per heavy atom. The zero-order chi connectivity index (χ0) is 13.7. The van der Waals surface area contributed by atoms with Crippen LogP contribution in [0, 0.1) is 5.92 Å². The summed E-state index contributed by atoms with van der Waals surface area (Å²) in [6, 6.07) is 4.96. The number of amides is 1. The molecule has 3 atom stereocenters. The highest BCUT2D eigenvalue weighted by Crippen LogP contribution is 2.23. The second-order valence-corrected chi connectivity index (χ2v) is 6.66. The smallest absolute Gasteiger partial charge is 0.275 e. The van der Waals surface area contributed by atoms with E-state index in [0.29, 0.717) is 24.5 Å². The van der Waals surface area contributed by atoms with Crippen molar-refractivity contribution in [1.29, 1.82) is 0 Å². The van der Waals surface area contributed by atoms with Gasteiger partial charge in [0.15, 0.2) is 6.54 Å². The van der Waals surface area contributed by atoms with Crippen LogP contribution in [0.25, 0.3) is 0 Å². The average Bonchev–Trinajstić information content (AvgIpc) is 2.93. The summed E-state index contributed by atoms with van der Waals surface area (Å²) in [6.07, 6.45) is 4.97. The summed E-state index contributed by atoms with van der Waals surface area (Å²) in [6.45, 7) is 4.94. The van der Waals surface area contributed by atoms with Gasteiger partial charge in [-0.25, -0.2) is 0 Å². The maximum atomic E-state index is 12.0. The van der Waals surface area contributed by atoms with Crippen LogP contribution in [0.3, 0.4) is 0 Å². The van der Waals surface area contributed by atoms with Gasteiger partial charge in [0.05, 0.1) is 4.88 Å². The van der Waals surface area contributed by atoms with Crippen molar-refractivity contribution in [2.24, 2.45) is 5.92 Å². The molecule has 1 amide bonds. The van der Waals surface area contributed by atoms with Crippen LogP contribution in [0.4, 0.5) is 0 Å². The van der Waals surface area contributed by atoms with Crippen molar-refractivity contribution < 1.29 is 10.1 Å². The maximum absolute atomic E-state index is 12.0. The first kappa shape index (κ1) is 14.5. The molecule has 106 valence electrons. The lowest BCUT2D eigenvalue weighted by atomic mass is 9.86. The molecule has 0 unspecified atom stereocenters. The van der Waals surface area contributed by atoms with E-state index in [1.54, 1.807) is 11.3 Å². The van der Waals surface area contributed by atoms with Crippen molar-refractivity contribution >= 4 is 17.2 Å². The minimum Gasteiger partial charge on any atom is -0.348 e. The topological polar surface area (TPSA) is 45.7 Å². The molecule has 1 aliphatic carbocycles. The molecule has 3 nitrogen and oxygen atoms in total. The molecule has 4 heteroatoms.